The molecular formula is C10H13ClN2O2. The highest BCUT2D eigenvalue weighted by atomic mass is 35.5. The lowest BCUT2D eigenvalue weighted by Gasteiger charge is -2.18. The molecule has 2 atom stereocenters. The SMILES string of the molecule is NC(CC(=O)O)C(N)c1ccc(Cl)cc1. The fourth-order valence-corrected chi connectivity index (χ4v) is 1.39. The molecule has 0 aliphatic carbocycles. The number of rotatable bonds is 4. The van der Waals surface area contributed by atoms with Crippen molar-refractivity contribution in [2.75, 3.05) is 0 Å². The largest absolute Gasteiger partial charge is 0.481 e. The van der Waals surface area contributed by atoms with Gasteiger partial charge in [0, 0.05) is 17.1 Å². The minimum Gasteiger partial charge on any atom is -0.481 e. The van der Waals surface area contributed by atoms with Crippen LogP contribution in [0.1, 0.15) is 18.0 Å². The van der Waals surface area contributed by atoms with Crippen LogP contribution in [0, 0.1) is 0 Å². The molecule has 0 spiro atoms. The second-order valence-electron chi connectivity index (χ2n) is 3.34. The number of carbonyl (C=O) groups is 1. The number of carboxylic acid groups (broad SMARTS) is 1. The first-order chi connectivity index (χ1) is 7.00. The molecule has 1 aromatic rings. The molecule has 2 unspecified atom stereocenters. The molecule has 1 aromatic carbocycles. The van der Waals surface area contributed by atoms with Crippen LogP contribution in [-0.4, -0.2) is 17.1 Å². The minimum atomic E-state index is -0.952. The lowest BCUT2D eigenvalue weighted by Crippen LogP contribution is -2.35. The van der Waals surface area contributed by atoms with Gasteiger partial charge in [-0.05, 0) is 17.7 Å². The van der Waals surface area contributed by atoms with Gasteiger partial charge in [-0.15, -0.1) is 0 Å². The van der Waals surface area contributed by atoms with Crippen LogP contribution in [0.3, 0.4) is 0 Å². The van der Waals surface area contributed by atoms with E-state index in [-0.39, 0.29) is 6.42 Å². The van der Waals surface area contributed by atoms with Gasteiger partial charge in [0.1, 0.15) is 0 Å². The van der Waals surface area contributed by atoms with Crippen LogP contribution in [0.4, 0.5) is 0 Å². The molecule has 15 heavy (non-hydrogen) atoms. The van der Waals surface area contributed by atoms with Gasteiger partial charge in [-0.2, -0.15) is 0 Å². The van der Waals surface area contributed by atoms with Gasteiger partial charge < -0.3 is 16.6 Å². The average Bonchev–Trinajstić information content (AvgIpc) is 2.17. The van der Waals surface area contributed by atoms with Crippen molar-refractivity contribution in [1.82, 2.24) is 0 Å². The van der Waals surface area contributed by atoms with Gasteiger partial charge >= 0.3 is 5.97 Å². The van der Waals surface area contributed by atoms with Crippen molar-refractivity contribution < 1.29 is 9.90 Å². The highest BCUT2D eigenvalue weighted by Gasteiger charge is 2.17. The van der Waals surface area contributed by atoms with Crippen molar-refractivity contribution in [2.45, 2.75) is 18.5 Å². The highest BCUT2D eigenvalue weighted by molar-refractivity contribution is 6.30. The molecule has 5 N–H and O–H groups in total. The first-order valence-electron chi connectivity index (χ1n) is 4.49. The van der Waals surface area contributed by atoms with E-state index < -0.39 is 18.1 Å². The van der Waals surface area contributed by atoms with E-state index in [9.17, 15) is 4.79 Å². The van der Waals surface area contributed by atoms with E-state index >= 15 is 0 Å². The Morgan fingerprint density at radius 1 is 1.33 bits per heavy atom. The fourth-order valence-electron chi connectivity index (χ4n) is 1.26. The first kappa shape index (κ1) is 12.0. The van der Waals surface area contributed by atoms with Crippen molar-refractivity contribution in [3.8, 4) is 0 Å². The van der Waals surface area contributed by atoms with Crippen molar-refractivity contribution in [2.24, 2.45) is 11.5 Å². The Morgan fingerprint density at radius 2 is 1.87 bits per heavy atom. The van der Waals surface area contributed by atoms with E-state index in [1.165, 1.54) is 0 Å². The number of nitrogens with two attached hydrogens (primary N) is 2. The van der Waals surface area contributed by atoms with Gasteiger partial charge in [0.15, 0.2) is 0 Å². The normalized spacial score (nSPS) is 14.6. The number of benzene rings is 1. The summed E-state index contributed by atoms with van der Waals surface area (Å²) in [5.41, 5.74) is 12.2. The number of aliphatic carboxylic acids is 1. The number of halogens is 1. The van der Waals surface area contributed by atoms with Gasteiger partial charge in [0.25, 0.3) is 0 Å². The van der Waals surface area contributed by atoms with Crippen molar-refractivity contribution >= 4 is 17.6 Å². The van der Waals surface area contributed by atoms with Gasteiger partial charge in [-0.3, -0.25) is 4.79 Å². The molecule has 5 heteroatoms. The predicted molar refractivity (Wildman–Crippen MR) is 58.6 cm³/mol. The van der Waals surface area contributed by atoms with Crippen LogP contribution < -0.4 is 11.5 Å². The zero-order chi connectivity index (χ0) is 11.4. The Kier molecular flexibility index (Phi) is 4.08. The fraction of sp³-hybridized carbons (Fsp3) is 0.300. The molecule has 0 aliphatic rings. The Morgan fingerprint density at radius 3 is 2.33 bits per heavy atom. The average molecular weight is 229 g/mol. The van der Waals surface area contributed by atoms with Crippen LogP contribution in [0.5, 0.6) is 0 Å². The van der Waals surface area contributed by atoms with Crippen molar-refractivity contribution in [3.63, 3.8) is 0 Å². The van der Waals surface area contributed by atoms with Crippen LogP contribution in [-0.2, 0) is 4.79 Å². The smallest absolute Gasteiger partial charge is 0.304 e. The summed E-state index contributed by atoms with van der Waals surface area (Å²) in [7, 11) is 0. The maximum atomic E-state index is 10.4. The molecule has 0 saturated heterocycles. The van der Waals surface area contributed by atoms with E-state index in [4.69, 9.17) is 28.2 Å². The summed E-state index contributed by atoms with van der Waals surface area (Å²) in [6.45, 7) is 0. The first-order valence-corrected chi connectivity index (χ1v) is 4.87. The van der Waals surface area contributed by atoms with Crippen LogP contribution in [0.25, 0.3) is 0 Å². The molecular weight excluding hydrogens is 216 g/mol. The summed E-state index contributed by atoms with van der Waals surface area (Å²) in [6.07, 6.45) is -0.149. The molecule has 0 fully saturated rings. The summed E-state index contributed by atoms with van der Waals surface area (Å²) >= 11 is 5.71. The van der Waals surface area contributed by atoms with Crippen molar-refractivity contribution in [3.05, 3.63) is 34.9 Å². The summed E-state index contributed by atoms with van der Waals surface area (Å²) in [5, 5.41) is 9.18. The van der Waals surface area contributed by atoms with Crippen LogP contribution in [0.15, 0.2) is 24.3 Å². The predicted octanol–water partition coefficient (Wildman–Crippen LogP) is 1.14. The van der Waals surface area contributed by atoms with Gasteiger partial charge in [-0.1, -0.05) is 23.7 Å². The zero-order valence-corrected chi connectivity index (χ0v) is 8.82. The van der Waals surface area contributed by atoms with Crippen LogP contribution >= 0.6 is 11.6 Å². The summed E-state index contributed by atoms with van der Waals surface area (Å²) in [4.78, 5) is 10.4. The lowest BCUT2D eigenvalue weighted by molar-refractivity contribution is -0.137. The summed E-state index contributed by atoms with van der Waals surface area (Å²) < 4.78 is 0. The maximum Gasteiger partial charge on any atom is 0.304 e. The summed E-state index contributed by atoms with van der Waals surface area (Å²) in [5.74, 6) is -0.952. The minimum absolute atomic E-state index is 0.149. The van der Waals surface area contributed by atoms with E-state index in [1.54, 1.807) is 24.3 Å². The lowest BCUT2D eigenvalue weighted by atomic mass is 9.99. The molecule has 0 heterocycles. The molecule has 0 radical (unpaired) electrons. The molecule has 0 amide bonds. The molecule has 4 nitrogen and oxygen atoms in total. The standard InChI is InChI=1S/C10H13ClN2O2/c11-7-3-1-6(2-4-7)10(13)8(12)5-9(14)15/h1-4,8,10H,5,12-13H2,(H,14,15). The van der Waals surface area contributed by atoms with Gasteiger partial charge in [0.2, 0.25) is 0 Å². The van der Waals surface area contributed by atoms with E-state index in [2.05, 4.69) is 0 Å². The van der Waals surface area contributed by atoms with E-state index in [1.807, 2.05) is 0 Å². The van der Waals surface area contributed by atoms with Crippen molar-refractivity contribution in [1.29, 1.82) is 0 Å². The molecule has 0 saturated carbocycles. The Bertz CT molecular complexity index is 340. The highest BCUT2D eigenvalue weighted by Crippen LogP contribution is 2.17. The number of hydrogen-bond acceptors (Lipinski definition) is 3. The van der Waals surface area contributed by atoms with Gasteiger partial charge in [0.05, 0.1) is 6.42 Å². The quantitative estimate of drug-likeness (QED) is 0.721. The second-order valence-corrected chi connectivity index (χ2v) is 3.78. The molecule has 0 bridgehead atoms. The third-order valence-electron chi connectivity index (χ3n) is 2.13. The van der Waals surface area contributed by atoms with E-state index in [0.29, 0.717) is 5.02 Å². The second kappa shape index (κ2) is 5.11. The Labute approximate surface area is 92.8 Å². The molecule has 0 aliphatic heterocycles. The zero-order valence-electron chi connectivity index (χ0n) is 8.06. The molecule has 0 aromatic heterocycles. The van der Waals surface area contributed by atoms with Crippen LogP contribution in [0.2, 0.25) is 5.02 Å². The molecule has 82 valence electrons. The molecule has 1 rings (SSSR count). The monoisotopic (exact) mass is 228 g/mol. The number of hydrogen-bond donors (Lipinski definition) is 3. The Hall–Kier alpha value is -1.10. The van der Waals surface area contributed by atoms with Gasteiger partial charge in [-0.25, -0.2) is 0 Å². The Balaban J connectivity index is 2.71. The summed E-state index contributed by atoms with van der Waals surface area (Å²) in [6, 6.07) is 5.81. The third-order valence-corrected chi connectivity index (χ3v) is 2.38. The number of carboxylic acids is 1. The maximum absolute atomic E-state index is 10.4. The van der Waals surface area contributed by atoms with E-state index in [0.717, 1.165) is 5.56 Å². The topological polar surface area (TPSA) is 89.3 Å². The third kappa shape index (κ3) is 3.51.